The van der Waals surface area contributed by atoms with Gasteiger partial charge in [0.05, 0.1) is 18.2 Å². The molecule has 114 valence electrons. The van der Waals surface area contributed by atoms with Crippen molar-refractivity contribution < 1.29 is 19.3 Å². The third-order valence-corrected chi connectivity index (χ3v) is 3.19. The molecule has 2 rings (SSSR count). The Morgan fingerprint density at radius 3 is 2.52 bits per heavy atom. The molecule has 0 aromatic heterocycles. The van der Waals surface area contributed by atoms with Crippen LogP contribution in [-0.4, -0.2) is 53.8 Å². The number of benzene rings is 1. The minimum atomic E-state index is -1.34. The van der Waals surface area contributed by atoms with Gasteiger partial charge in [0.1, 0.15) is 12.4 Å². The fourth-order valence-corrected chi connectivity index (χ4v) is 2.12. The Kier molecular flexibility index (Phi) is 4.34. The van der Waals surface area contributed by atoms with Gasteiger partial charge < -0.3 is 9.47 Å². The molecule has 0 spiro atoms. The molecule has 0 bridgehead atoms. The van der Waals surface area contributed by atoms with Gasteiger partial charge in [-0.2, -0.15) is 0 Å². The molecule has 1 aromatic carbocycles. The molecule has 1 saturated heterocycles. The first kappa shape index (κ1) is 15.1. The average molecular weight is 297 g/mol. The van der Waals surface area contributed by atoms with Crippen molar-refractivity contribution in [2.45, 2.75) is 5.54 Å². The second-order valence-electron chi connectivity index (χ2n) is 5.01. The van der Waals surface area contributed by atoms with Gasteiger partial charge >= 0.3 is 0 Å². The Balaban J connectivity index is 2.05. The summed E-state index contributed by atoms with van der Waals surface area (Å²) in [5.74, 6) is 0.343. The van der Waals surface area contributed by atoms with Crippen molar-refractivity contribution in [2.75, 3.05) is 33.5 Å². The van der Waals surface area contributed by atoms with Crippen LogP contribution in [0.5, 0.6) is 5.75 Å². The van der Waals surface area contributed by atoms with Crippen LogP contribution in [-0.2, 0) is 4.74 Å². The zero-order valence-corrected chi connectivity index (χ0v) is 11.4. The van der Waals surface area contributed by atoms with E-state index >= 15 is 0 Å². The van der Waals surface area contributed by atoms with Crippen LogP contribution < -0.4 is 4.74 Å². The molecule has 1 aromatic rings. The highest BCUT2D eigenvalue weighted by Crippen LogP contribution is 2.22. The highest BCUT2D eigenvalue weighted by Gasteiger charge is 2.48. The molecule has 1 fully saturated rings. The molecule has 0 radical (unpaired) electrons. The Labute approximate surface area is 120 Å². The summed E-state index contributed by atoms with van der Waals surface area (Å²) in [6.07, 6.45) is 0. The smallest absolute Gasteiger partial charge is 0.290 e. The molecule has 0 amide bonds. The predicted octanol–water partition coefficient (Wildman–Crippen LogP) is 0.909. The van der Waals surface area contributed by atoms with Crippen molar-refractivity contribution >= 4 is 5.69 Å². The first-order valence-electron chi connectivity index (χ1n) is 6.21. The number of nitro groups is 2. The third kappa shape index (κ3) is 3.44. The highest BCUT2D eigenvalue weighted by molar-refractivity contribution is 5.36. The first-order chi connectivity index (χ1) is 9.93. The topological polar surface area (TPSA) is 108 Å². The summed E-state index contributed by atoms with van der Waals surface area (Å²) >= 11 is 0. The molecule has 0 N–H and O–H groups in total. The molecule has 0 aliphatic carbocycles. The quantitative estimate of drug-likeness (QED) is 0.587. The molecule has 9 nitrogen and oxygen atoms in total. The first-order valence-corrected chi connectivity index (χ1v) is 6.21. The van der Waals surface area contributed by atoms with Crippen LogP contribution in [0.2, 0.25) is 0 Å². The van der Waals surface area contributed by atoms with Gasteiger partial charge in [-0.25, -0.2) is 0 Å². The van der Waals surface area contributed by atoms with Crippen molar-refractivity contribution in [1.29, 1.82) is 0 Å². The molecular formula is C12H15N3O6. The van der Waals surface area contributed by atoms with E-state index < -0.39 is 15.4 Å². The summed E-state index contributed by atoms with van der Waals surface area (Å²) in [5.41, 5.74) is -1.40. The Morgan fingerprint density at radius 2 is 2.00 bits per heavy atom. The molecular weight excluding hydrogens is 282 g/mol. The van der Waals surface area contributed by atoms with E-state index in [1.165, 1.54) is 24.3 Å². The second kappa shape index (κ2) is 6.02. The third-order valence-electron chi connectivity index (χ3n) is 3.19. The van der Waals surface area contributed by atoms with E-state index in [1.54, 1.807) is 11.9 Å². The number of hydrogen-bond acceptors (Lipinski definition) is 7. The van der Waals surface area contributed by atoms with Crippen LogP contribution in [0.25, 0.3) is 0 Å². The molecule has 1 unspecified atom stereocenters. The van der Waals surface area contributed by atoms with E-state index in [4.69, 9.17) is 9.47 Å². The van der Waals surface area contributed by atoms with Crippen LogP contribution in [0.1, 0.15) is 0 Å². The summed E-state index contributed by atoms with van der Waals surface area (Å²) in [6.45, 7) is 0.361. The summed E-state index contributed by atoms with van der Waals surface area (Å²) in [6, 6.07) is 5.41. The zero-order chi connectivity index (χ0) is 15.5. The van der Waals surface area contributed by atoms with Crippen LogP contribution in [0.15, 0.2) is 24.3 Å². The molecule has 21 heavy (non-hydrogen) atoms. The van der Waals surface area contributed by atoms with Crippen molar-refractivity contribution in [1.82, 2.24) is 4.90 Å². The molecule has 0 saturated carbocycles. The lowest BCUT2D eigenvalue weighted by Crippen LogP contribution is -2.59. The summed E-state index contributed by atoms with van der Waals surface area (Å²) in [5, 5.41) is 21.9. The molecule has 9 heteroatoms. The van der Waals surface area contributed by atoms with E-state index in [2.05, 4.69) is 0 Å². The van der Waals surface area contributed by atoms with Crippen molar-refractivity contribution in [2.24, 2.45) is 0 Å². The van der Waals surface area contributed by atoms with Gasteiger partial charge in [-0.1, -0.05) is 0 Å². The van der Waals surface area contributed by atoms with Gasteiger partial charge in [-0.15, -0.1) is 0 Å². The number of ether oxygens (including phenoxy) is 2. The fourth-order valence-electron chi connectivity index (χ4n) is 2.12. The number of hydrogen-bond donors (Lipinski definition) is 0. The summed E-state index contributed by atoms with van der Waals surface area (Å²) < 4.78 is 10.6. The van der Waals surface area contributed by atoms with E-state index in [-0.39, 0.29) is 25.4 Å². The van der Waals surface area contributed by atoms with E-state index in [0.717, 1.165) is 0 Å². The SMILES string of the molecule is CN1COCC(COc2ccc([N+](=O)[O-])cc2)([N+](=O)[O-])C1. The molecule has 1 heterocycles. The second-order valence-corrected chi connectivity index (χ2v) is 5.01. The minimum Gasteiger partial charge on any atom is -0.486 e. The van der Waals surface area contributed by atoms with Gasteiger partial charge in [-0.3, -0.25) is 25.1 Å². The zero-order valence-electron chi connectivity index (χ0n) is 11.4. The van der Waals surface area contributed by atoms with Crippen LogP contribution in [0.4, 0.5) is 5.69 Å². The number of likely N-dealkylation sites (N-methyl/N-ethyl adjacent to an activating group) is 1. The lowest BCUT2D eigenvalue weighted by Gasteiger charge is -2.33. The Morgan fingerprint density at radius 1 is 1.33 bits per heavy atom. The lowest BCUT2D eigenvalue weighted by atomic mass is 10.0. The van der Waals surface area contributed by atoms with Crippen molar-refractivity contribution in [3.63, 3.8) is 0 Å². The summed E-state index contributed by atoms with van der Waals surface area (Å²) in [7, 11) is 1.73. The van der Waals surface area contributed by atoms with Crippen molar-refractivity contribution in [3.05, 3.63) is 44.5 Å². The van der Waals surface area contributed by atoms with E-state index in [1.807, 2.05) is 0 Å². The normalized spacial score (nSPS) is 22.7. The standard InChI is InChI=1S/C12H15N3O6/c1-13-6-12(15(18)19,7-20-9-13)8-21-11-4-2-10(3-5-11)14(16)17/h2-5H,6-9H2,1H3. The van der Waals surface area contributed by atoms with Crippen molar-refractivity contribution in [3.8, 4) is 5.75 Å². The van der Waals surface area contributed by atoms with Gasteiger partial charge in [0.25, 0.3) is 11.2 Å². The molecule has 1 atom stereocenters. The monoisotopic (exact) mass is 297 g/mol. The van der Waals surface area contributed by atoms with E-state index in [9.17, 15) is 20.2 Å². The molecule has 1 aliphatic heterocycles. The maximum absolute atomic E-state index is 11.3. The maximum atomic E-state index is 11.3. The highest BCUT2D eigenvalue weighted by atomic mass is 16.6. The summed E-state index contributed by atoms with van der Waals surface area (Å²) in [4.78, 5) is 22.6. The van der Waals surface area contributed by atoms with Crippen LogP contribution >= 0.6 is 0 Å². The minimum absolute atomic E-state index is 0.0304. The molecule has 1 aliphatic rings. The van der Waals surface area contributed by atoms with Gasteiger partial charge in [0.15, 0.2) is 6.61 Å². The predicted molar refractivity (Wildman–Crippen MR) is 71.8 cm³/mol. The van der Waals surface area contributed by atoms with Crippen LogP contribution in [0.3, 0.4) is 0 Å². The van der Waals surface area contributed by atoms with Gasteiger partial charge in [0, 0.05) is 17.1 Å². The van der Waals surface area contributed by atoms with E-state index in [0.29, 0.717) is 12.5 Å². The average Bonchev–Trinajstić information content (AvgIpc) is 2.45. The number of nitrogens with zero attached hydrogens (tertiary/aromatic N) is 3. The number of nitro benzene ring substituents is 1. The van der Waals surface area contributed by atoms with Crippen LogP contribution in [0, 0.1) is 20.2 Å². The van der Waals surface area contributed by atoms with Gasteiger partial charge in [0.2, 0.25) is 0 Å². The number of rotatable bonds is 5. The maximum Gasteiger partial charge on any atom is 0.290 e. The largest absolute Gasteiger partial charge is 0.486 e. The Hall–Kier alpha value is -2.26. The Bertz CT molecular complexity index is 534. The van der Waals surface area contributed by atoms with Gasteiger partial charge in [-0.05, 0) is 19.2 Å². The fraction of sp³-hybridized carbons (Fsp3) is 0.500. The lowest BCUT2D eigenvalue weighted by molar-refractivity contribution is -0.583. The number of non-ortho nitro benzene ring substituents is 1.